The van der Waals surface area contributed by atoms with Crippen molar-refractivity contribution < 1.29 is 22.8 Å². The maximum absolute atomic E-state index is 12.3. The van der Waals surface area contributed by atoms with Gasteiger partial charge in [-0.15, -0.1) is 0 Å². The Morgan fingerprint density at radius 3 is 2.28 bits per heavy atom. The molecule has 0 radical (unpaired) electrons. The molecule has 9 heteroatoms. The van der Waals surface area contributed by atoms with Gasteiger partial charge in [-0.25, -0.2) is 13.1 Å². The van der Waals surface area contributed by atoms with Gasteiger partial charge in [0.15, 0.2) is 5.78 Å². The summed E-state index contributed by atoms with van der Waals surface area (Å²) < 4.78 is 26.7. The van der Waals surface area contributed by atoms with Crippen LogP contribution in [-0.4, -0.2) is 39.1 Å². The van der Waals surface area contributed by atoms with Crippen molar-refractivity contribution in [2.75, 3.05) is 18.4 Å². The van der Waals surface area contributed by atoms with Crippen molar-refractivity contribution in [2.24, 2.45) is 0 Å². The Balaban J connectivity index is 1.84. The van der Waals surface area contributed by atoms with Crippen molar-refractivity contribution in [3.63, 3.8) is 0 Å². The largest absolute Gasteiger partial charge is 0.346 e. The number of amides is 2. The van der Waals surface area contributed by atoms with E-state index in [1.54, 1.807) is 31.2 Å². The maximum Gasteiger partial charge on any atom is 0.243 e. The fourth-order valence-electron chi connectivity index (χ4n) is 2.39. The summed E-state index contributed by atoms with van der Waals surface area (Å²) in [7, 11) is -3.84. The molecule has 0 aliphatic rings. The highest BCUT2D eigenvalue weighted by molar-refractivity contribution is 7.89. The average molecular weight is 417 g/mol. The molecule has 154 valence electrons. The quantitative estimate of drug-likeness (QED) is 0.563. The van der Waals surface area contributed by atoms with E-state index in [9.17, 15) is 22.8 Å². The molecule has 29 heavy (non-hydrogen) atoms. The zero-order chi connectivity index (χ0) is 21.6. The van der Waals surface area contributed by atoms with Gasteiger partial charge >= 0.3 is 0 Å². The van der Waals surface area contributed by atoms with Crippen LogP contribution in [0.5, 0.6) is 0 Å². The lowest BCUT2D eigenvalue weighted by molar-refractivity contribution is -0.123. The molecule has 2 aromatic rings. The molecule has 2 amide bonds. The molecule has 8 nitrogen and oxygen atoms in total. The van der Waals surface area contributed by atoms with Crippen LogP contribution in [0.1, 0.15) is 28.4 Å². The number of aryl methyl sites for hydroxylation is 2. The highest BCUT2D eigenvalue weighted by Gasteiger charge is 2.16. The summed E-state index contributed by atoms with van der Waals surface area (Å²) in [5.74, 6) is -1.29. The molecule has 0 bridgehead atoms. The first kappa shape index (κ1) is 22.3. The van der Waals surface area contributed by atoms with Crippen LogP contribution in [0.2, 0.25) is 0 Å². The van der Waals surface area contributed by atoms with Gasteiger partial charge in [0, 0.05) is 11.3 Å². The normalized spacial score (nSPS) is 11.0. The van der Waals surface area contributed by atoms with Gasteiger partial charge in [-0.05, 0) is 56.2 Å². The number of rotatable bonds is 8. The fourth-order valence-corrected chi connectivity index (χ4v) is 3.45. The zero-order valence-corrected chi connectivity index (χ0v) is 17.2. The third-order valence-corrected chi connectivity index (χ3v) is 5.61. The van der Waals surface area contributed by atoms with Crippen LogP contribution in [0, 0.1) is 13.8 Å². The van der Waals surface area contributed by atoms with E-state index in [1.807, 2.05) is 6.92 Å². The van der Waals surface area contributed by atoms with Crippen molar-refractivity contribution in [2.45, 2.75) is 25.7 Å². The zero-order valence-electron chi connectivity index (χ0n) is 16.4. The molecule has 0 spiro atoms. The van der Waals surface area contributed by atoms with E-state index in [2.05, 4.69) is 15.4 Å². The molecule has 0 saturated heterocycles. The van der Waals surface area contributed by atoms with Crippen molar-refractivity contribution in [1.82, 2.24) is 10.0 Å². The van der Waals surface area contributed by atoms with Crippen LogP contribution in [0.15, 0.2) is 47.4 Å². The molecule has 0 fully saturated rings. The van der Waals surface area contributed by atoms with Crippen molar-refractivity contribution in [1.29, 1.82) is 0 Å². The first-order chi connectivity index (χ1) is 13.6. The predicted molar refractivity (Wildman–Crippen MR) is 109 cm³/mol. The lowest BCUT2D eigenvalue weighted by atomic mass is 10.1. The summed E-state index contributed by atoms with van der Waals surface area (Å²) in [5.41, 5.74) is 2.66. The first-order valence-electron chi connectivity index (χ1n) is 8.83. The number of sulfonamides is 1. The number of hydrogen-bond donors (Lipinski definition) is 3. The fraction of sp³-hybridized carbons (Fsp3) is 0.250. The topological polar surface area (TPSA) is 121 Å². The SMILES string of the molecule is CC(=O)c1cccc(NC(=O)CNC(=O)CNS(=O)(=O)c2ccc(C)c(C)c2)c1. The van der Waals surface area contributed by atoms with Crippen LogP contribution in [0.3, 0.4) is 0 Å². The summed E-state index contributed by atoms with van der Waals surface area (Å²) in [5, 5.41) is 4.90. The summed E-state index contributed by atoms with van der Waals surface area (Å²) in [6.07, 6.45) is 0. The number of nitrogens with one attached hydrogen (secondary N) is 3. The van der Waals surface area contributed by atoms with Crippen molar-refractivity contribution >= 4 is 33.3 Å². The summed E-state index contributed by atoms with van der Waals surface area (Å²) in [6, 6.07) is 11.1. The van der Waals surface area contributed by atoms with E-state index in [0.29, 0.717) is 11.3 Å². The number of benzene rings is 2. The Kier molecular flexibility index (Phi) is 7.24. The van der Waals surface area contributed by atoms with E-state index >= 15 is 0 Å². The number of hydrogen-bond acceptors (Lipinski definition) is 5. The van der Waals surface area contributed by atoms with Gasteiger partial charge in [0.25, 0.3) is 0 Å². The van der Waals surface area contributed by atoms with Crippen LogP contribution in [0.4, 0.5) is 5.69 Å². The van der Waals surface area contributed by atoms with E-state index in [4.69, 9.17) is 0 Å². The minimum Gasteiger partial charge on any atom is -0.346 e. The van der Waals surface area contributed by atoms with Gasteiger partial charge in [0.05, 0.1) is 18.0 Å². The molecular formula is C20H23N3O5S. The van der Waals surface area contributed by atoms with Gasteiger partial charge < -0.3 is 10.6 Å². The Morgan fingerprint density at radius 2 is 1.62 bits per heavy atom. The summed E-state index contributed by atoms with van der Waals surface area (Å²) in [6.45, 7) is 4.25. The van der Waals surface area contributed by atoms with Gasteiger partial charge in [0.2, 0.25) is 21.8 Å². The van der Waals surface area contributed by atoms with Gasteiger partial charge in [0.1, 0.15) is 0 Å². The molecule has 2 rings (SSSR count). The van der Waals surface area contributed by atoms with Crippen LogP contribution in [0.25, 0.3) is 0 Å². The van der Waals surface area contributed by atoms with E-state index in [0.717, 1.165) is 11.1 Å². The van der Waals surface area contributed by atoms with Crippen LogP contribution < -0.4 is 15.4 Å². The predicted octanol–water partition coefficient (Wildman–Crippen LogP) is 1.54. The highest BCUT2D eigenvalue weighted by atomic mass is 32.2. The van der Waals surface area contributed by atoms with E-state index < -0.39 is 28.4 Å². The average Bonchev–Trinajstić information content (AvgIpc) is 2.67. The number of anilines is 1. The van der Waals surface area contributed by atoms with Crippen molar-refractivity contribution in [3.05, 3.63) is 59.2 Å². The Labute approximate surface area is 169 Å². The summed E-state index contributed by atoms with van der Waals surface area (Å²) in [4.78, 5) is 35.2. The Hall–Kier alpha value is -3.04. The van der Waals surface area contributed by atoms with Crippen molar-refractivity contribution in [3.8, 4) is 0 Å². The number of Topliss-reactive ketones (excluding diaryl/α,β-unsaturated/α-hetero) is 1. The third-order valence-electron chi connectivity index (χ3n) is 4.21. The molecule has 0 aliphatic heterocycles. The van der Waals surface area contributed by atoms with Gasteiger partial charge in [-0.1, -0.05) is 18.2 Å². The highest BCUT2D eigenvalue weighted by Crippen LogP contribution is 2.14. The van der Waals surface area contributed by atoms with Gasteiger partial charge in [-0.2, -0.15) is 0 Å². The lowest BCUT2D eigenvalue weighted by Gasteiger charge is -2.10. The molecule has 0 aliphatic carbocycles. The Morgan fingerprint density at radius 1 is 0.897 bits per heavy atom. The standard InChI is InChI=1S/C20H23N3O5S/c1-13-7-8-18(9-14(13)2)29(27,28)22-12-19(25)21-11-20(26)23-17-6-4-5-16(10-17)15(3)24/h4-10,22H,11-12H2,1-3H3,(H,21,25)(H,23,26). The second kappa shape index (κ2) is 9.44. The molecule has 0 aromatic heterocycles. The van der Waals surface area contributed by atoms with E-state index in [1.165, 1.54) is 25.1 Å². The maximum atomic E-state index is 12.3. The lowest BCUT2D eigenvalue weighted by Crippen LogP contribution is -2.40. The third kappa shape index (κ3) is 6.51. The van der Waals surface area contributed by atoms with Crippen LogP contribution in [-0.2, 0) is 19.6 Å². The minimum absolute atomic E-state index is 0.0662. The monoisotopic (exact) mass is 417 g/mol. The molecular weight excluding hydrogens is 394 g/mol. The van der Waals surface area contributed by atoms with Crippen LogP contribution >= 0.6 is 0 Å². The second-order valence-electron chi connectivity index (χ2n) is 6.53. The number of carbonyl (C=O) groups excluding carboxylic acids is 3. The molecule has 2 aromatic carbocycles. The summed E-state index contributed by atoms with van der Waals surface area (Å²) >= 11 is 0. The molecule has 0 heterocycles. The number of ketones is 1. The van der Waals surface area contributed by atoms with Gasteiger partial charge in [-0.3, -0.25) is 14.4 Å². The van der Waals surface area contributed by atoms with E-state index in [-0.39, 0.29) is 17.2 Å². The smallest absolute Gasteiger partial charge is 0.243 e. The first-order valence-corrected chi connectivity index (χ1v) is 10.3. The molecule has 0 unspecified atom stereocenters. The molecule has 3 N–H and O–H groups in total. The molecule has 0 atom stereocenters. The minimum atomic E-state index is -3.84. The Bertz CT molecular complexity index is 1050. The second-order valence-corrected chi connectivity index (χ2v) is 8.30. The number of carbonyl (C=O) groups is 3. The molecule has 0 saturated carbocycles.